The number of amides is 1. The zero-order valence-electron chi connectivity index (χ0n) is 13.5. The van der Waals surface area contributed by atoms with Gasteiger partial charge in [0, 0.05) is 24.8 Å². The van der Waals surface area contributed by atoms with Crippen LogP contribution < -0.4 is 10.1 Å². The van der Waals surface area contributed by atoms with E-state index in [9.17, 15) is 4.79 Å². The average molecular weight is 323 g/mol. The van der Waals surface area contributed by atoms with Crippen molar-refractivity contribution in [2.75, 3.05) is 13.2 Å². The number of fused-ring (bicyclic) bond motifs is 1. The number of hydrogen-bond donors (Lipinski definition) is 1. The maximum Gasteiger partial charge on any atom is 0.220 e. The van der Waals surface area contributed by atoms with Gasteiger partial charge in [-0.25, -0.2) is 0 Å². The normalized spacial score (nSPS) is 10.7. The summed E-state index contributed by atoms with van der Waals surface area (Å²) in [6.07, 6.45) is 1.86. The molecule has 0 aliphatic heterocycles. The number of carbonyl (C=O) groups is 1. The molecular weight excluding hydrogens is 302 g/mol. The molecule has 0 bridgehead atoms. The van der Waals surface area contributed by atoms with Gasteiger partial charge in [-0.3, -0.25) is 4.79 Å². The molecule has 0 aliphatic rings. The van der Waals surface area contributed by atoms with Crippen molar-refractivity contribution in [3.63, 3.8) is 0 Å². The first kappa shape index (κ1) is 16.1. The first-order chi connectivity index (χ1) is 11.8. The predicted molar refractivity (Wildman–Crippen MR) is 94.1 cm³/mol. The van der Waals surface area contributed by atoms with Gasteiger partial charge in [0.15, 0.2) is 0 Å². The van der Waals surface area contributed by atoms with Gasteiger partial charge in [-0.1, -0.05) is 36.4 Å². The predicted octanol–water partition coefficient (Wildman–Crippen LogP) is 3.95. The van der Waals surface area contributed by atoms with E-state index in [1.807, 2.05) is 60.7 Å². The summed E-state index contributed by atoms with van der Waals surface area (Å²) < 4.78 is 11.3. The fraction of sp³-hybridized carbons (Fsp3) is 0.250. The highest BCUT2D eigenvalue weighted by molar-refractivity contribution is 5.78. The Bertz CT molecular complexity index is 747. The molecule has 0 unspecified atom stereocenters. The topological polar surface area (TPSA) is 51.5 Å². The van der Waals surface area contributed by atoms with Crippen LogP contribution in [0.5, 0.6) is 5.75 Å². The van der Waals surface area contributed by atoms with E-state index in [0.29, 0.717) is 32.4 Å². The van der Waals surface area contributed by atoms with Crippen molar-refractivity contribution in [3.05, 3.63) is 66.4 Å². The molecule has 4 heteroatoms. The van der Waals surface area contributed by atoms with Crippen molar-refractivity contribution < 1.29 is 13.9 Å². The van der Waals surface area contributed by atoms with Crippen LogP contribution in [0.4, 0.5) is 0 Å². The Kier molecular flexibility index (Phi) is 5.51. The van der Waals surface area contributed by atoms with Crippen LogP contribution in [0.3, 0.4) is 0 Å². The molecule has 1 aromatic heterocycles. The summed E-state index contributed by atoms with van der Waals surface area (Å²) >= 11 is 0. The number of carbonyl (C=O) groups excluding carboxylic acids is 1. The summed E-state index contributed by atoms with van der Waals surface area (Å²) in [6, 6.07) is 19.6. The molecule has 4 nitrogen and oxygen atoms in total. The highest BCUT2D eigenvalue weighted by Gasteiger charge is 2.05. The third-order valence-corrected chi connectivity index (χ3v) is 3.73. The zero-order chi connectivity index (χ0) is 16.6. The second kappa shape index (κ2) is 8.20. The van der Waals surface area contributed by atoms with Gasteiger partial charge in [-0.05, 0) is 30.7 Å². The van der Waals surface area contributed by atoms with E-state index in [0.717, 1.165) is 22.5 Å². The fourth-order valence-electron chi connectivity index (χ4n) is 2.51. The van der Waals surface area contributed by atoms with Crippen LogP contribution in [0.1, 0.15) is 18.6 Å². The molecule has 1 amide bonds. The maximum atomic E-state index is 11.8. The Hall–Kier alpha value is -2.75. The third kappa shape index (κ3) is 4.62. The number of para-hydroxylation sites is 2. The summed E-state index contributed by atoms with van der Waals surface area (Å²) in [6.45, 7) is 1.12. The summed E-state index contributed by atoms with van der Waals surface area (Å²) in [5.74, 6) is 1.77. The number of ether oxygens (including phenoxy) is 1. The van der Waals surface area contributed by atoms with Crippen molar-refractivity contribution in [2.24, 2.45) is 0 Å². The van der Waals surface area contributed by atoms with E-state index in [1.54, 1.807) is 0 Å². The molecule has 0 spiro atoms. The Balaban J connectivity index is 1.32. The number of furan rings is 1. The molecule has 0 aliphatic carbocycles. The van der Waals surface area contributed by atoms with Crippen molar-refractivity contribution in [2.45, 2.75) is 19.3 Å². The van der Waals surface area contributed by atoms with Crippen LogP contribution in [-0.4, -0.2) is 19.1 Å². The molecule has 1 heterocycles. The highest BCUT2D eigenvalue weighted by Crippen LogP contribution is 2.18. The molecule has 2 aromatic carbocycles. The monoisotopic (exact) mass is 323 g/mol. The lowest BCUT2D eigenvalue weighted by molar-refractivity contribution is -0.121. The third-order valence-electron chi connectivity index (χ3n) is 3.73. The van der Waals surface area contributed by atoms with Crippen LogP contribution in [0.25, 0.3) is 11.0 Å². The fourth-order valence-corrected chi connectivity index (χ4v) is 2.51. The lowest BCUT2D eigenvalue weighted by atomic mass is 10.2. The minimum absolute atomic E-state index is 0.0442. The molecule has 3 aromatic rings. The highest BCUT2D eigenvalue weighted by atomic mass is 16.5. The molecule has 0 saturated heterocycles. The van der Waals surface area contributed by atoms with Gasteiger partial charge in [0.2, 0.25) is 5.91 Å². The summed E-state index contributed by atoms with van der Waals surface area (Å²) in [5.41, 5.74) is 0.886. The lowest BCUT2D eigenvalue weighted by Crippen LogP contribution is -2.25. The SMILES string of the molecule is O=C(CCCOc1ccccc1)NCCc1cc2ccccc2o1. The first-order valence-corrected chi connectivity index (χ1v) is 8.23. The minimum Gasteiger partial charge on any atom is -0.494 e. The summed E-state index contributed by atoms with van der Waals surface area (Å²) in [5, 5.41) is 4.01. The Morgan fingerprint density at radius 1 is 1.04 bits per heavy atom. The quantitative estimate of drug-likeness (QED) is 0.639. The second-order valence-electron chi connectivity index (χ2n) is 5.62. The zero-order valence-corrected chi connectivity index (χ0v) is 13.5. The van der Waals surface area contributed by atoms with E-state index in [-0.39, 0.29) is 5.91 Å². The average Bonchev–Trinajstić information content (AvgIpc) is 3.02. The molecule has 0 fully saturated rings. The molecule has 0 radical (unpaired) electrons. The first-order valence-electron chi connectivity index (χ1n) is 8.23. The molecule has 24 heavy (non-hydrogen) atoms. The van der Waals surface area contributed by atoms with E-state index in [2.05, 4.69) is 5.32 Å². The van der Waals surface area contributed by atoms with Gasteiger partial charge in [0.25, 0.3) is 0 Å². The molecule has 124 valence electrons. The van der Waals surface area contributed by atoms with Crippen LogP contribution in [0.2, 0.25) is 0 Å². The van der Waals surface area contributed by atoms with Crippen LogP contribution in [0, 0.1) is 0 Å². The molecule has 1 N–H and O–H groups in total. The number of benzene rings is 2. The number of nitrogens with one attached hydrogen (secondary N) is 1. The maximum absolute atomic E-state index is 11.8. The summed E-state index contributed by atoms with van der Waals surface area (Å²) in [7, 11) is 0. The van der Waals surface area contributed by atoms with Crippen molar-refractivity contribution in [1.29, 1.82) is 0 Å². The van der Waals surface area contributed by atoms with E-state index >= 15 is 0 Å². The van der Waals surface area contributed by atoms with Gasteiger partial charge in [-0.15, -0.1) is 0 Å². The molecule has 0 saturated carbocycles. The van der Waals surface area contributed by atoms with Crippen LogP contribution in [-0.2, 0) is 11.2 Å². The van der Waals surface area contributed by atoms with Gasteiger partial charge in [0.1, 0.15) is 17.1 Å². The molecule has 0 atom stereocenters. The summed E-state index contributed by atoms with van der Waals surface area (Å²) in [4.78, 5) is 11.8. The lowest BCUT2D eigenvalue weighted by Gasteiger charge is -2.06. The number of hydrogen-bond acceptors (Lipinski definition) is 3. The van der Waals surface area contributed by atoms with Crippen molar-refractivity contribution >= 4 is 16.9 Å². The van der Waals surface area contributed by atoms with Gasteiger partial charge in [-0.2, -0.15) is 0 Å². The van der Waals surface area contributed by atoms with Gasteiger partial charge < -0.3 is 14.5 Å². The van der Waals surface area contributed by atoms with Gasteiger partial charge in [0.05, 0.1) is 6.61 Å². The van der Waals surface area contributed by atoms with Crippen LogP contribution in [0.15, 0.2) is 65.1 Å². The number of rotatable bonds is 8. The standard InChI is InChI=1S/C20H21NO3/c22-20(11-6-14-23-17-8-2-1-3-9-17)21-13-12-18-15-16-7-4-5-10-19(16)24-18/h1-5,7-10,15H,6,11-14H2,(H,21,22). The van der Waals surface area contributed by atoms with E-state index in [4.69, 9.17) is 9.15 Å². The van der Waals surface area contributed by atoms with Crippen LogP contribution >= 0.6 is 0 Å². The molecule has 3 rings (SSSR count). The molecular formula is C20H21NO3. The van der Waals surface area contributed by atoms with Crippen molar-refractivity contribution in [1.82, 2.24) is 5.32 Å². The van der Waals surface area contributed by atoms with E-state index < -0.39 is 0 Å². The minimum atomic E-state index is 0.0442. The Morgan fingerprint density at radius 3 is 2.67 bits per heavy atom. The van der Waals surface area contributed by atoms with Crippen molar-refractivity contribution in [3.8, 4) is 5.75 Å². The van der Waals surface area contributed by atoms with E-state index in [1.165, 1.54) is 0 Å². The van der Waals surface area contributed by atoms with Gasteiger partial charge >= 0.3 is 0 Å². The Morgan fingerprint density at radius 2 is 1.83 bits per heavy atom. The largest absolute Gasteiger partial charge is 0.494 e. The second-order valence-corrected chi connectivity index (χ2v) is 5.62. The Labute approximate surface area is 141 Å². The smallest absolute Gasteiger partial charge is 0.220 e.